The molecule has 1 N–H and O–H groups in total. The summed E-state index contributed by atoms with van der Waals surface area (Å²) >= 11 is 0. The molecule has 0 spiro atoms. The monoisotopic (exact) mass is 274 g/mol. The summed E-state index contributed by atoms with van der Waals surface area (Å²) < 4.78 is 0. The summed E-state index contributed by atoms with van der Waals surface area (Å²) in [5.41, 5.74) is 2.89. The van der Waals surface area contributed by atoms with E-state index >= 15 is 0 Å². The van der Waals surface area contributed by atoms with Crippen LogP contribution in [0, 0.1) is 10.1 Å². The second-order valence-corrected chi connectivity index (χ2v) is 5.28. The van der Waals surface area contributed by atoms with Crippen molar-refractivity contribution in [1.29, 1.82) is 0 Å². The molecule has 0 saturated carbocycles. The molecule has 4 heteroatoms. The highest BCUT2D eigenvalue weighted by atomic mass is 16.6. The van der Waals surface area contributed by atoms with Crippen molar-refractivity contribution in [1.82, 2.24) is 5.32 Å². The van der Waals surface area contributed by atoms with E-state index in [0.717, 1.165) is 31.5 Å². The van der Waals surface area contributed by atoms with E-state index in [1.54, 1.807) is 17.7 Å². The molecule has 0 fully saturated rings. The number of rotatable bonds is 7. The Balaban J connectivity index is 1.63. The fraction of sp³-hybridized carbons (Fsp3) is 0.500. The van der Waals surface area contributed by atoms with Gasteiger partial charge in [0.05, 0.1) is 4.92 Å². The van der Waals surface area contributed by atoms with E-state index in [2.05, 4.69) is 11.4 Å². The summed E-state index contributed by atoms with van der Waals surface area (Å²) in [5, 5.41) is 14.0. The molecule has 108 valence electrons. The Morgan fingerprint density at radius 1 is 1.10 bits per heavy atom. The zero-order chi connectivity index (χ0) is 14.2. The molecule has 4 nitrogen and oxygen atoms in total. The van der Waals surface area contributed by atoms with Crippen LogP contribution in [0.5, 0.6) is 0 Å². The predicted molar refractivity (Wildman–Crippen MR) is 80.8 cm³/mol. The summed E-state index contributed by atoms with van der Waals surface area (Å²) in [6.07, 6.45) is 9.66. The molecular weight excluding hydrogens is 252 g/mol. The quantitative estimate of drug-likeness (QED) is 0.357. The van der Waals surface area contributed by atoms with Gasteiger partial charge in [0.25, 0.3) is 5.69 Å². The molecule has 0 unspecified atom stereocenters. The van der Waals surface area contributed by atoms with Crippen molar-refractivity contribution in [2.24, 2.45) is 0 Å². The van der Waals surface area contributed by atoms with Crippen LogP contribution in [-0.4, -0.2) is 18.0 Å². The molecule has 0 amide bonds. The lowest BCUT2D eigenvalue weighted by molar-refractivity contribution is -0.384. The van der Waals surface area contributed by atoms with Gasteiger partial charge >= 0.3 is 0 Å². The van der Waals surface area contributed by atoms with Crippen molar-refractivity contribution in [3.63, 3.8) is 0 Å². The third-order valence-electron chi connectivity index (χ3n) is 3.75. The zero-order valence-electron chi connectivity index (χ0n) is 11.8. The topological polar surface area (TPSA) is 55.2 Å². The Morgan fingerprint density at radius 2 is 1.85 bits per heavy atom. The smallest absolute Gasteiger partial charge is 0.269 e. The number of nitrogens with one attached hydrogen (secondary N) is 1. The van der Waals surface area contributed by atoms with Gasteiger partial charge in [0, 0.05) is 12.1 Å². The maximum atomic E-state index is 10.5. The minimum absolute atomic E-state index is 0.158. The number of non-ortho nitro benzene ring substituents is 1. The third kappa shape index (κ3) is 4.78. The van der Waals surface area contributed by atoms with E-state index < -0.39 is 0 Å². The summed E-state index contributed by atoms with van der Waals surface area (Å²) in [4.78, 5) is 10.2. The first-order valence-corrected chi connectivity index (χ1v) is 7.37. The van der Waals surface area contributed by atoms with Crippen molar-refractivity contribution in [3.8, 4) is 0 Å². The number of hydrogen-bond donors (Lipinski definition) is 1. The number of nitro groups is 1. The highest BCUT2D eigenvalue weighted by Gasteiger charge is 2.04. The molecule has 0 saturated heterocycles. The second-order valence-electron chi connectivity index (χ2n) is 5.28. The molecular formula is C16H22N2O2. The van der Waals surface area contributed by atoms with Crippen LogP contribution in [0.4, 0.5) is 5.69 Å². The van der Waals surface area contributed by atoms with Crippen LogP contribution in [0.3, 0.4) is 0 Å². The van der Waals surface area contributed by atoms with Gasteiger partial charge < -0.3 is 5.32 Å². The van der Waals surface area contributed by atoms with Crippen molar-refractivity contribution < 1.29 is 4.92 Å². The van der Waals surface area contributed by atoms with Crippen molar-refractivity contribution in [2.75, 3.05) is 13.1 Å². The van der Waals surface area contributed by atoms with Crippen LogP contribution < -0.4 is 5.32 Å². The first kappa shape index (κ1) is 14.7. The maximum Gasteiger partial charge on any atom is 0.269 e. The molecule has 1 aromatic rings. The Hall–Kier alpha value is -1.68. The van der Waals surface area contributed by atoms with Gasteiger partial charge in [-0.25, -0.2) is 0 Å². The lowest BCUT2D eigenvalue weighted by Crippen LogP contribution is -2.19. The highest BCUT2D eigenvalue weighted by Crippen LogP contribution is 2.19. The molecule has 0 atom stereocenters. The van der Waals surface area contributed by atoms with Crippen molar-refractivity contribution >= 4 is 5.69 Å². The summed E-state index contributed by atoms with van der Waals surface area (Å²) in [6.45, 7) is 1.95. The first-order chi connectivity index (χ1) is 9.75. The number of allylic oxidation sites excluding steroid dienone is 1. The van der Waals surface area contributed by atoms with Gasteiger partial charge in [-0.1, -0.05) is 23.8 Å². The first-order valence-electron chi connectivity index (χ1n) is 7.37. The fourth-order valence-corrected chi connectivity index (χ4v) is 2.52. The Bertz CT molecular complexity index is 466. The lowest BCUT2D eigenvalue weighted by atomic mass is 9.97. The number of benzene rings is 1. The summed E-state index contributed by atoms with van der Waals surface area (Å²) in [6, 6.07) is 6.82. The van der Waals surface area contributed by atoms with Gasteiger partial charge in [0.2, 0.25) is 0 Å². The average molecular weight is 274 g/mol. The van der Waals surface area contributed by atoms with Gasteiger partial charge in [-0.3, -0.25) is 10.1 Å². The van der Waals surface area contributed by atoms with E-state index in [-0.39, 0.29) is 10.6 Å². The van der Waals surface area contributed by atoms with Gasteiger partial charge in [0.15, 0.2) is 0 Å². The summed E-state index contributed by atoms with van der Waals surface area (Å²) in [5.74, 6) is 0. The van der Waals surface area contributed by atoms with Gasteiger partial charge in [-0.05, 0) is 57.2 Å². The Labute approximate surface area is 120 Å². The average Bonchev–Trinajstić information content (AvgIpc) is 2.48. The number of nitrogens with zero attached hydrogens (tertiary/aromatic N) is 1. The molecule has 0 bridgehead atoms. The molecule has 2 rings (SSSR count). The van der Waals surface area contributed by atoms with Gasteiger partial charge in [0.1, 0.15) is 0 Å². The van der Waals surface area contributed by atoms with Crippen LogP contribution in [0.25, 0.3) is 0 Å². The largest absolute Gasteiger partial charge is 0.316 e. The maximum absolute atomic E-state index is 10.5. The lowest BCUT2D eigenvalue weighted by Gasteiger charge is -2.12. The van der Waals surface area contributed by atoms with Crippen LogP contribution in [0.15, 0.2) is 35.9 Å². The van der Waals surface area contributed by atoms with E-state index in [1.807, 2.05) is 12.1 Å². The standard InChI is InChI=1S/C16H22N2O2/c19-18(20)16-8-6-15(7-9-16)11-13-17-12-10-14-4-2-1-3-5-14/h4,6-9,17H,1-3,5,10-13H2. The third-order valence-corrected chi connectivity index (χ3v) is 3.75. The Morgan fingerprint density at radius 3 is 2.50 bits per heavy atom. The fourth-order valence-electron chi connectivity index (χ4n) is 2.52. The van der Waals surface area contributed by atoms with Crippen molar-refractivity contribution in [2.45, 2.75) is 38.5 Å². The van der Waals surface area contributed by atoms with E-state index in [0.29, 0.717) is 0 Å². The molecule has 0 radical (unpaired) electrons. The van der Waals surface area contributed by atoms with Crippen LogP contribution >= 0.6 is 0 Å². The molecule has 1 aliphatic rings. The molecule has 1 aromatic carbocycles. The second kappa shape index (κ2) is 7.80. The minimum Gasteiger partial charge on any atom is -0.316 e. The van der Waals surface area contributed by atoms with E-state index in [9.17, 15) is 10.1 Å². The number of hydrogen-bond acceptors (Lipinski definition) is 3. The number of nitro benzene ring substituents is 1. The van der Waals surface area contributed by atoms with Gasteiger partial charge in [-0.15, -0.1) is 0 Å². The zero-order valence-corrected chi connectivity index (χ0v) is 11.8. The minimum atomic E-state index is -0.361. The SMILES string of the molecule is O=[N+]([O-])c1ccc(CCNCCC2=CCCCC2)cc1. The molecule has 0 heterocycles. The molecule has 0 aromatic heterocycles. The Kier molecular flexibility index (Phi) is 5.74. The van der Waals surface area contributed by atoms with Crippen molar-refractivity contribution in [3.05, 3.63) is 51.6 Å². The molecule has 1 aliphatic carbocycles. The normalized spacial score (nSPS) is 14.9. The van der Waals surface area contributed by atoms with E-state index in [1.165, 1.54) is 25.7 Å². The van der Waals surface area contributed by atoms with Crippen LogP contribution in [0.1, 0.15) is 37.7 Å². The van der Waals surface area contributed by atoms with E-state index in [4.69, 9.17) is 0 Å². The summed E-state index contributed by atoms with van der Waals surface area (Å²) in [7, 11) is 0. The highest BCUT2D eigenvalue weighted by molar-refractivity contribution is 5.32. The van der Waals surface area contributed by atoms with Crippen LogP contribution in [-0.2, 0) is 6.42 Å². The predicted octanol–water partition coefficient (Wildman–Crippen LogP) is 3.62. The molecule has 20 heavy (non-hydrogen) atoms. The van der Waals surface area contributed by atoms with Crippen LogP contribution in [0.2, 0.25) is 0 Å². The van der Waals surface area contributed by atoms with Gasteiger partial charge in [-0.2, -0.15) is 0 Å². The molecule has 0 aliphatic heterocycles.